The fourth-order valence-electron chi connectivity index (χ4n) is 2.16. The van der Waals surface area contributed by atoms with E-state index in [1.165, 1.54) is 5.56 Å². The Labute approximate surface area is 121 Å². The highest BCUT2D eigenvalue weighted by molar-refractivity contribution is 5.40. The Bertz CT molecular complexity index is 563. The summed E-state index contributed by atoms with van der Waals surface area (Å²) in [6.45, 7) is 6.45. The fourth-order valence-corrected chi connectivity index (χ4v) is 2.16. The summed E-state index contributed by atoms with van der Waals surface area (Å²) in [5, 5.41) is 0. The van der Waals surface area contributed by atoms with E-state index in [0.717, 1.165) is 23.5 Å². The van der Waals surface area contributed by atoms with Gasteiger partial charge < -0.3 is 10.5 Å². The van der Waals surface area contributed by atoms with Crippen molar-refractivity contribution in [2.75, 3.05) is 0 Å². The molecule has 2 aromatic carbocycles. The van der Waals surface area contributed by atoms with Crippen molar-refractivity contribution in [2.24, 2.45) is 5.73 Å². The number of hydrogen-bond donors (Lipinski definition) is 1. The monoisotopic (exact) mass is 269 g/mol. The third-order valence-corrected chi connectivity index (χ3v) is 3.51. The van der Waals surface area contributed by atoms with Gasteiger partial charge in [0.2, 0.25) is 0 Å². The highest BCUT2D eigenvalue weighted by Gasteiger charge is 2.11. The maximum absolute atomic E-state index is 6.15. The average Bonchev–Trinajstić information content (AvgIpc) is 2.47. The lowest BCUT2D eigenvalue weighted by molar-refractivity contribution is 0.467. The van der Waals surface area contributed by atoms with Gasteiger partial charge in [-0.1, -0.05) is 51.1 Å². The smallest absolute Gasteiger partial charge is 0.132 e. The van der Waals surface area contributed by atoms with Gasteiger partial charge in [0.25, 0.3) is 0 Å². The van der Waals surface area contributed by atoms with Gasteiger partial charge in [0.05, 0.1) is 0 Å². The molecule has 0 heterocycles. The van der Waals surface area contributed by atoms with Crippen molar-refractivity contribution in [2.45, 2.75) is 39.2 Å². The normalized spacial score (nSPS) is 12.4. The summed E-state index contributed by atoms with van der Waals surface area (Å²) < 4.78 is 6.04. The van der Waals surface area contributed by atoms with Crippen LogP contribution in [0.5, 0.6) is 11.5 Å². The Kier molecular flexibility index (Phi) is 4.80. The van der Waals surface area contributed by atoms with E-state index in [0.29, 0.717) is 5.92 Å². The largest absolute Gasteiger partial charge is 0.457 e. The van der Waals surface area contributed by atoms with E-state index in [1.807, 2.05) is 36.4 Å². The van der Waals surface area contributed by atoms with E-state index >= 15 is 0 Å². The minimum atomic E-state index is 0.0134. The molecule has 0 saturated heterocycles. The van der Waals surface area contributed by atoms with Gasteiger partial charge in [-0.2, -0.15) is 0 Å². The molecule has 2 N–H and O–H groups in total. The Balaban J connectivity index is 2.28. The van der Waals surface area contributed by atoms with Crippen LogP contribution < -0.4 is 10.5 Å². The molecule has 0 aliphatic rings. The Hall–Kier alpha value is -1.80. The zero-order chi connectivity index (χ0) is 14.5. The molecule has 2 rings (SSSR count). The van der Waals surface area contributed by atoms with Crippen molar-refractivity contribution in [3.05, 3.63) is 59.7 Å². The first-order valence-corrected chi connectivity index (χ1v) is 7.24. The van der Waals surface area contributed by atoms with Gasteiger partial charge in [-0.3, -0.25) is 0 Å². The number of para-hydroxylation sites is 1. The lowest BCUT2D eigenvalue weighted by atomic mass is 10.0. The second-order valence-electron chi connectivity index (χ2n) is 5.38. The molecule has 2 nitrogen and oxygen atoms in total. The molecular formula is C18H23NO. The van der Waals surface area contributed by atoms with Crippen LogP contribution in [0.15, 0.2) is 48.5 Å². The minimum absolute atomic E-state index is 0.0134. The van der Waals surface area contributed by atoms with Crippen LogP contribution in [0, 0.1) is 0 Å². The van der Waals surface area contributed by atoms with Crippen LogP contribution in [0.1, 0.15) is 50.3 Å². The average molecular weight is 269 g/mol. The Morgan fingerprint density at radius 2 is 1.80 bits per heavy atom. The summed E-state index contributed by atoms with van der Waals surface area (Å²) in [5.41, 5.74) is 8.48. The Morgan fingerprint density at radius 1 is 1.05 bits per heavy atom. The standard InChI is InChI=1S/C18H23NO/c1-4-17(19)16-10-5-6-11-18(16)20-15-9-7-8-14(12-15)13(2)3/h5-13,17H,4,19H2,1-3H3/t17-/m1/s1. The Morgan fingerprint density at radius 3 is 2.50 bits per heavy atom. The van der Waals surface area contributed by atoms with Crippen molar-refractivity contribution in [1.82, 2.24) is 0 Å². The first-order valence-electron chi connectivity index (χ1n) is 7.24. The number of hydrogen-bond acceptors (Lipinski definition) is 2. The number of nitrogens with two attached hydrogens (primary N) is 1. The molecule has 0 aromatic heterocycles. The van der Waals surface area contributed by atoms with Gasteiger partial charge in [0.1, 0.15) is 11.5 Å². The van der Waals surface area contributed by atoms with E-state index in [9.17, 15) is 0 Å². The topological polar surface area (TPSA) is 35.2 Å². The SMILES string of the molecule is CC[C@@H](N)c1ccccc1Oc1cccc(C(C)C)c1. The summed E-state index contributed by atoms with van der Waals surface area (Å²) in [7, 11) is 0. The van der Waals surface area contributed by atoms with E-state index in [1.54, 1.807) is 0 Å². The van der Waals surface area contributed by atoms with Gasteiger partial charge in [0.15, 0.2) is 0 Å². The lowest BCUT2D eigenvalue weighted by Gasteiger charge is -2.16. The van der Waals surface area contributed by atoms with E-state index in [-0.39, 0.29) is 6.04 Å². The molecule has 0 radical (unpaired) electrons. The molecule has 0 spiro atoms. The summed E-state index contributed by atoms with van der Waals surface area (Å²) in [5.74, 6) is 2.21. The quantitative estimate of drug-likeness (QED) is 0.827. The molecule has 0 fully saturated rings. The predicted molar refractivity (Wildman–Crippen MR) is 84.3 cm³/mol. The van der Waals surface area contributed by atoms with Crippen molar-refractivity contribution >= 4 is 0 Å². The van der Waals surface area contributed by atoms with Gasteiger partial charge in [-0.25, -0.2) is 0 Å². The van der Waals surface area contributed by atoms with E-state index in [2.05, 4.69) is 32.9 Å². The van der Waals surface area contributed by atoms with Crippen LogP contribution in [0.3, 0.4) is 0 Å². The molecule has 1 atom stereocenters. The summed E-state index contributed by atoms with van der Waals surface area (Å²) in [6, 6.07) is 16.3. The fraction of sp³-hybridized carbons (Fsp3) is 0.333. The molecule has 0 amide bonds. The van der Waals surface area contributed by atoms with Gasteiger partial charge in [-0.05, 0) is 36.1 Å². The predicted octanol–water partition coefficient (Wildman–Crippen LogP) is 5.01. The third-order valence-electron chi connectivity index (χ3n) is 3.51. The first-order chi connectivity index (χ1) is 9.61. The minimum Gasteiger partial charge on any atom is -0.457 e. The molecular weight excluding hydrogens is 246 g/mol. The van der Waals surface area contributed by atoms with Gasteiger partial charge in [-0.15, -0.1) is 0 Å². The molecule has 0 saturated carbocycles. The van der Waals surface area contributed by atoms with Crippen LogP contribution in [-0.2, 0) is 0 Å². The number of benzene rings is 2. The van der Waals surface area contributed by atoms with Gasteiger partial charge >= 0.3 is 0 Å². The first kappa shape index (κ1) is 14.6. The molecule has 2 aromatic rings. The zero-order valence-electron chi connectivity index (χ0n) is 12.5. The number of rotatable bonds is 5. The summed E-state index contributed by atoms with van der Waals surface area (Å²) >= 11 is 0. The maximum Gasteiger partial charge on any atom is 0.132 e. The number of ether oxygens (including phenoxy) is 1. The third kappa shape index (κ3) is 3.40. The van der Waals surface area contributed by atoms with E-state index in [4.69, 9.17) is 10.5 Å². The molecule has 0 aliphatic carbocycles. The maximum atomic E-state index is 6.15. The van der Waals surface area contributed by atoms with E-state index < -0.39 is 0 Å². The van der Waals surface area contributed by atoms with Crippen LogP contribution >= 0.6 is 0 Å². The highest BCUT2D eigenvalue weighted by atomic mass is 16.5. The molecule has 2 heteroatoms. The zero-order valence-corrected chi connectivity index (χ0v) is 12.5. The molecule has 0 bridgehead atoms. The molecule has 0 aliphatic heterocycles. The molecule has 20 heavy (non-hydrogen) atoms. The highest BCUT2D eigenvalue weighted by Crippen LogP contribution is 2.31. The van der Waals surface area contributed by atoms with Crippen LogP contribution in [-0.4, -0.2) is 0 Å². The second-order valence-corrected chi connectivity index (χ2v) is 5.38. The summed E-state index contributed by atoms with van der Waals surface area (Å²) in [4.78, 5) is 0. The molecule has 0 unspecified atom stereocenters. The van der Waals surface area contributed by atoms with Crippen molar-refractivity contribution in [3.63, 3.8) is 0 Å². The second kappa shape index (κ2) is 6.58. The van der Waals surface area contributed by atoms with Gasteiger partial charge in [0, 0.05) is 11.6 Å². The lowest BCUT2D eigenvalue weighted by Crippen LogP contribution is -2.09. The van der Waals surface area contributed by atoms with Crippen LogP contribution in [0.25, 0.3) is 0 Å². The van der Waals surface area contributed by atoms with Crippen LogP contribution in [0.4, 0.5) is 0 Å². The summed E-state index contributed by atoms with van der Waals surface area (Å²) in [6.07, 6.45) is 0.895. The van der Waals surface area contributed by atoms with Crippen molar-refractivity contribution < 1.29 is 4.74 Å². The van der Waals surface area contributed by atoms with Crippen molar-refractivity contribution in [1.29, 1.82) is 0 Å². The molecule has 106 valence electrons. The van der Waals surface area contributed by atoms with Crippen molar-refractivity contribution in [3.8, 4) is 11.5 Å². The van der Waals surface area contributed by atoms with Crippen LogP contribution in [0.2, 0.25) is 0 Å².